The lowest BCUT2D eigenvalue weighted by atomic mass is 10.1. The van der Waals surface area contributed by atoms with Gasteiger partial charge in [-0.2, -0.15) is 0 Å². The molecule has 0 saturated heterocycles. The van der Waals surface area contributed by atoms with Crippen LogP contribution >= 0.6 is 0 Å². The number of benzene rings is 2. The monoisotopic (exact) mass is 471 g/mol. The second kappa shape index (κ2) is 15.9. The first kappa shape index (κ1) is 29.2. The van der Waals surface area contributed by atoms with E-state index in [0.29, 0.717) is 33.0 Å². The second-order valence-corrected chi connectivity index (χ2v) is 8.19. The third-order valence-corrected chi connectivity index (χ3v) is 4.37. The number of carbonyl (C=O) groups is 1. The van der Waals surface area contributed by atoms with Gasteiger partial charge in [-0.05, 0) is 63.1 Å². The Morgan fingerprint density at radius 2 is 1.32 bits per heavy atom. The highest BCUT2D eigenvalue weighted by atomic mass is 16.6. The Morgan fingerprint density at radius 3 is 1.85 bits per heavy atom. The maximum absolute atomic E-state index is 12.2. The van der Waals surface area contributed by atoms with Gasteiger partial charge in [0, 0.05) is 19.3 Å². The van der Waals surface area contributed by atoms with E-state index in [9.17, 15) is 4.79 Å². The molecule has 2 rings (SSSR count). The van der Waals surface area contributed by atoms with Crippen LogP contribution in [0.25, 0.3) is 12.2 Å². The standard InChI is InChI=1S/C26H35NO5.C2H6/c1-6-29-17-18-30-19-20-31-24-15-11-22(12-16-24)8-7-21-9-13-23(14-10-21)27(5)25(28)32-26(2,3)4;1-2/h7-16H,6,17-20H2,1-5H3;1-2H3/b8-7+;. The summed E-state index contributed by atoms with van der Waals surface area (Å²) in [7, 11) is 1.70. The molecule has 0 unspecified atom stereocenters. The van der Waals surface area contributed by atoms with Crippen LogP contribution in [-0.4, -0.2) is 51.8 Å². The van der Waals surface area contributed by atoms with Gasteiger partial charge in [-0.3, -0.25) is 4.90 Å². The number of ether oxygens (including phenoxy) is 4. The van der Waals surface area contributed by atoms with Crippen LogP contribution in [0.1, 0.15) is 52.7 Å². The maximum atomic E-state index is 12.2. The summed E-state index contributed by atoms with van der Waals surface area (Å²) in [6.45, 7) is 14.5. The SMILES string of the molecule is CC.CCOCCOCCOc1ccc(/C=C/c2ccc(N(C)C(=O)OC(C)(C)C)cc2)cc1. The third kappa shape index (κ3) is 11.9. The lowest BCUT2D eigenvalue weighted by molar-refractivity contribution is 0.0405. The molecule has 2 aromatic rings. The van der Waals surface area contributed by atoms with Crippen LogP contribution < -0.4 is 9.64 Å². The van der Waals surface area contributed by atoms with Crippen LogP contribution in [0.3, 0.4) is 0 Å². The van der Waals surface area contributed by atoms with Gasteiger partial charge in [0.25, 0.3) is 0 Å². The molecule has 1 amide bonds. The van der Waals surface area contributed by atoms with E-state index < -0.39 is 5.60 Å². The molecular formula is C28H41NO5. The Kier molecular flexibility index (Phi) is 13.7. The highest BCUT2D eigenvalue weighted by Gasteiger charge is 2.20. The summed E-state index contributed by atoms with van der Waals surface area (Å²) < 4.78 is 21.7. The summed E-state index contributed by atoms with van der Waals surface area (Å²) in [5.74, 6) is 0.810. The van der Waals surface area contributed by atoms with E-state index in [1.54, 1.807) is 7.05 Å². The molecule has 2 aromatic carbocycles. The summed E-state index contributed by atoms with van der Waals surface area (Å²) in [4.78, 5) is 13.7. The van der Waals surface area contributed by atoms with Gasteiger partial charge < -0.3 is 18.9 Å². The smallest absolute Gasteiger partial charge is 0.414 e. The Balaban J connectivity index is 0.00000281. The van der Waals surface area contributed by atoms with Crippen molar-refractivity contribution in [1.82, 2.24) is 0 Å². The molecule has 0 saturated carbocycles. The van der Waals surface area contributed by atoms with Crippen molar-refractivity contribution in [2.24, 2.45) is 0 Å². The van der Waals surface area contributed by atoms with E-state index in [1.807, 2.05) is 102 Å². The van der Waals surface area contributed by atoms with E-state index in [2.05, 4.69) is 0 Å². The van der Waals surface area contributed by atoms with Crippen LogP contribution in [0.5, 0.6) is 5.75 Å². The van der Waals surface area contributed by atoms with E-state index in [0.717, 1.165) is 22.6 Å². The van der Waals surface area contributed by atoms with E-state index in [1.165, 1.54) is 4.90 Å². The minimum Gasteiger partial charge on any atom is -0.491 e. The fraction of sp³-hybridized carbons (Fsp3) is 0.464. The lowest BCUT2D eigenvalue weighted by Crippen LogP contribution is -2.34. The van der Waals surface area contributed by atoms with E-state index >= 15 is 0 Å². The first-order valence-corrected chi connectivity index (χ1v) is 11.9. The average Bonchev–Trinajstić information content (AvgIpc) is 2.83. The predicted octanol–water partition coefficient (Wildman–Crippen LogP) is 6.69. The van der Waals surface area contributed by atoms with E-state index in [-0.39, 0.29) is 6.09 Å². The van der Waals surface area contributed by atoms with Crippen LogP contribution in [0.15, 0.2) is 48.5 Å². The number of anilines is 1. The molecule has 0 N–H and O–H groups in total. The van der Waals surface area contributed by atoms with Gasteiger partial charge in [-0.15, -0.1) is 0 Å². The molecule has 0 aliphatic heterocycles. The highest BCUT2D eigenvalue weighted by molar-refractivity contribution is 5.87. The Labute approximate surface area is 205 Å². The molecule has 0 aliphatic rings. The molecule has 0 bridgehead atoms. The van der Waals surface area contributed by atoms with Gasteiger partial charge in [-0.25, -0.2) is 4.79 Å². The second-order valence-electron chi connectivity index (χ2n) is 8.19. The molecule has 0 aliphatic carbocycles. The van der Waals surface area contributed by atoms with Crippen molar-refractivity contribution in [3.63, 3.8) is 0 Å². The zero-order valence-electron chi connectivity index (χ0n) is 21.8. The normalized spacial score (nSPS) is 11.0. The van der Waals surface area contributed by atoms with Gasteiger partial charge in [0.2, 0.25) is 0 Å². The van der Waals surface area contributed by atoms with Crippen molar-refractivity contribution in [2.75, 3.05) is 45.0 Å². The zero-order valence-corrected chi connectivity index (χ0v) is 21.8. The van der Waals surface area contributed by atoms with Gasteiger partial charge >= 0.3 is 6.09 Å². The summed E-state index contributed by atoms with van der Waals surface area (Å²) >= 11 is 0. The lowest BCUT2D eigenvalue weighted by Gasteiger charge is -2.24. The summed E-state index contributed by atoms with van der Waals surface area (Å²) in [6, 6.07) is 15.6. The molecule has 188 valence electrons. The Morgan fingerprint density at radius 1 is 0.824 bits per heavy atom. The van der Waals surface area contributed by atoms with Crippen molar-refractivity contribution >= 4 is 23.9 Å². The fourth-order valence-electron chi connectivity index (χ4n) is 2.70. The minimum absolute atomic E-state index is 0.375. The Bertz CT molecular complexity index is 839. The minimum atomic E-state index is -0.522. The van der Waals surface area contributed by atoms with Crippen molar-refractivity contribution in [3.8, 4) is 5.75 Å². The molecule has 34 heavy (non-hydrogen) atoms. The van der Waals surface area contributed by atoms with Gasteiger partial charge in [0.1, 0.15) is 18.0 Å². The topological polar surface area (TPSA) is 57.2 Å². The molecule has 6 heteroatoms. The maximum Gasteiger partial charge on any atom is 0.414 e. The number of rotatable bonds is 11. The molecule has 6 nitrogen and oxygen atoms in total. The van der Waals surface area contributed by atoms with Crippen molar-refractivity contribution < 1.29 is 23.7 Å². The number of carbonyl (C=O) groups excluding carboxylic acids is 1. The highest BCUT2D eigenvalue weighted by Crippen LogP contribution is 2.19. The zero-order chi connectivity index (χ0) is 25.4. The quantitative estimate of drug-likeness (QED) is 0.270. The summed E-state index contributed by atoms with van der Waals surface area (Å²) in [6.07, 6.45) is 3.69. The molecule has 0 atom stereocenters. The number of hydrogen-bond donors (Lipinski definition) is 0. The van der Waals surface area contributed by atoms with Crippen LogP contribution in [0.4, 0.5) is 10.5 Å². The van der Waals surface area contributed by atoms with E-state index in [4.69, 9.17) is 18.9 Å². The average molecular weight is 472 g/mol. The molecule has 0 aromatic heterocycles. The molecule has 0 spiro atoms. The first-order valence-electron chi connectivity index (χ1n) is 11.9. The van der Waals surface area contributed by atoms with Crippen molar-refractivity contribution in [2.45, 2.75) is 47.1 Å². The van der Waals surface area contributed by atoms with Gasteiger partial charge in [0.15, 0.2) is 0 Å². The van der Waals surface area contributed by atoms with Gasteiger partial charge in [-0.1, -0.05) is 50.3 Å². The number of amides is 1. The molecular weight excluding hydrogens is 430 g/mol. The first-order chi connectivity index (χ1) is 16.3. The van der Waals surface area contributed by atoms with Gasteiger partial charge in [0.05, 0.1) is 19.8 Å². The molecule has 0 radical (unpaired) electrons. The number of hydrogen-bond acceptors (Lipinski definition) is 5. The van der Waals surface area contributed by atoms with Crippen molar-refractivity contribution in [3.05, 3.63) is 59.7 Å². The number of nitrogens with zero attached hydrogens (tertiary/aromatic N) is 1. The summed E-state index contributed by atoms with van der Waals surface area (Å²) in [5, 5.41) is 0. The van der Waals surface area contributed by atoms with Crippen LogP contribution in [0, 0.1) is 0 Å². The Hall–Kier alpha value is -2.83. The molecule has 0 fully saturated rings. The van der Waals surface area contributed by atoms with Crippen molar-refractivity contribution in [1.29, 1.82) is 0 Å². The largest absolute Gasteiger partial charge is 0.491 e. The fourth-order valence-corrected chi connectivity index (χ4v) is 2.70. The predicted molar refractivity (Wildman–Crippen MR) is 141 cm³/mol. The third-order valence-electron chi connectivity index (χ3n) is 4.37. The summed E-state index contributed by atoms with van der Waals surface area (Å²) in [5.41, 5.74) is 2.36. The van der Waals surface area contributed by atoms with Crippen LogP contribution in [-0.2, 0) is 14.2 Å². The molecule has 0 heterocycles. The van der Waals surface area contributed by atoms with Crippen LogP contribution in [0.2, 0.25) is 0 Å².